The van der Waals surface area contributed by atoms with Crippen LogP contribution in [-0.4, -0.2) is 46.2 Å². The van der Waals surface area contributed by atoms with Crippen molar-refractivity contribution in [3.63, 3.8) is 0 Å². The quantitative estimate of drug-likeness (QED) is 0.515. The maximum atomic E-state index is 14.8. The molecule has 12 heteroatoms. The Hall–Kier alpha value is -2.37. The molecule has 0 radical (unpaired) electrons. The summed E-state index contributed by atoms with van der Waals surface area (Å²) >= 11 is 0. The minimum Gasteiger partial charge on any atom is -0.492 e. The average Bonchev–Trinajstić information content (AvgIpc) is 3.42. The number of amides is 1. The maximum Gasteiger partial charge on any atom is 0.421 e. The molecule has 186 valence electrons. The fourth-order valence-electron chi connectivity index (χ4n) is 7.50. The second-order valence-electron chi connectivity index (χ2n) is 10.7. The summed E-state index contributed by atoms with van der Waals surface area (Å²) in [5.41, 5.74) is -0.430. The van der Waals surface area contributed by atoms with E-state index >= 15 is 0 Å². The van der Waals surface area contributed by atoms with E-state index in [2.05, 4.69) is 9.60 Å². The molecule has 1 aromatic heterocycles. The van der Waals surface area contributed by atoms with Gasteiger partial charge in [0.05, 0.1) is 0 Å². The summed E-state index contributed by atoms with van der Waals surface area (Å²) in [4.78, 5) is 12.5. The highest BCUT2D eigenvalue weighted by Gasteiger charge is 2.61. The Morgan fingerprint density at radius 3 is 1.97 bits per heavy atom. The van der Waals surface area contributed by atoms with E-state index in [1.165, 1.54) is 0 Å². The van der Waals surface area contributed by atoms with Gasteiger partial charge in [-0.15, -0.1) is 0 Å². The van der Waals surface area contributed by atoms with Gasteiger partial charge in [0.1, 0.15) is 0 Å². The Bertz CT molecular complexity index is 1140. The van der Waals surface area contributed by atoms with Crippen molar-refractivity contribution in [2.24, 2.45) is 17.8 Å². The van der Waals surface area contributed by atoms with Gasteiger partial charge in [-0.05, 0) is 62.7 Å². The number of alkyl halides is 3. The second-order valence-corrected chi connectivity index (χ2v) is 12.3. The van der Waals surface area contributed by atoms with Crippen molar-refractivity contribution in [2.45, 2.75) is 73.7 Å². The fourth-order valence-corrected chi connectivity index (χ4v) is 8.30. The number of aromatic hydroxyl groups is 2. The van der Waals surface area contributed by atoms with Crippen molar-refractivity contribution >= 4 is 16.0 Å². The van der Waals surface area contributed by atoms with Gasteiger partial charge in [-0.3, -0.25) is 9.08 Å². The van der Waals surface area contributed by atoms with Crippen LogP contribution in [0.2, 0.25) is 0 Å². The molecule has 4 saturated carbocycles. The minimum absolute atomic E-state index is 0.0379. The number of aromatic nitrogens is 1. The highest BCUT2D eigenvalue weighted by atomic mass is 32.2. The zero-order chi connectivity index (χ0) is 24.2. The molecule has 3 atom stereocenters. The summed E-state index contributed by atoms with van der Waals surface area (Å²) in [6, 6.07) is 0. The molecule has 3 unspecified atom stereocenters. The summed E-state index contributed by atoms with van der Waals surface area (Å²) < 4.78 is 73.4. The van der Waals surface area contributed by atoms with Crippen LogP contribution in [0.25, 0.3) is 0 Å². The van der Waals surface area contributed by atoms with Crippen LogP contribution in [0.3, 0.4) is 0 Å². The van der Waals surface area contributed by atoms with E-state index in [1.807, 2.05) is 0 Å². The van der Waals surface area contributed by atoms with E-state index < -0.39 is 44.8 Å². The van der Waals surface area contributed by atoms with Crippen molar-refractivity contribution < 1.29 is 40.9 Å². The lowest BCUT2D eigenvalue weighted by Crippen LogP contribution is -2.62. The Labute approximate surface area is 193 Å². The number of carbonyl (C=O) groups excluding carboxylic acids is 1. The molecule has 6 aliphatic rings. The predicted octanol–water partition coefficient (Wildman–Crippen LogP) is 2.81. The van der Waals surface area contributed by atoms with Crippen LogP contribution in [0, 0.1) is 17.8 Å². The Kier molecular flexibility index (Phi) is 4.46. The molecule has 8 nitrogen and oxygen atoms in total. The normalized spacial score (nSPS) is 36.0. The smallest absolute Gasteiger partial charge is 0.421 e. The molecular weight excluding hydrogens is 477 g/mol. The summed E-state index contributed by atoms with van der Waals surface area (Å²) in [6.45, 7) is 0. The van der Waals surface area contributed by atoms with Crippen LogP contribution >= 0.6 is 0 Å². The van der Waals surface area contributed by atoms with E-state index in [1.54, 1.807) is 12.2 Å². The van der Waals surface area contributed by atoms with Crippen molar-refractivity contribution in [1.29, 1.82) is 0 Å². The van der Waals surface area contributed by atoms with Crippen LogP contribution in [0.5, 0.6) is 11.8 Å². The molecule has 34 heavy (non-hydrogen) atoms. The highest BCUT2D eigenvalue weighted by Crippen LogP contribution is 2.57. The molecule has 4 fully saturated rings. The predicted molar refractivity (Wildman–Crippen MR) is 111 cm³/mol. The molecule has 0 spiro atoms. The maximum absolute atomic E-state index is 14.8. The first kappa shape index (κ1) is 22.1. The van der Waals surface area contributed by atoms with E-state index in [0.29, 0.717) is 43.4 Å². The first-order valence-corrected chi connectivity index (χ1v) is 12.9. The Balaban J connectivity index is 1.22. The molecule has 6 bridgehead atoms. The highest BCUT2D eigenvalue weighted by molar-refractivity contribution is 7.88. The topological polar surface area (TPSA) is 118 Å². The summed E-state index contributed by atoms with van der Waals surface area (Å²) in [5, 5.41) is 17.8. The van der Waals surface area contributed by atoms with Crippen LogP contribution in [0.15, 0.2) is 12.2 Å². The number of hydrogen-bond donors (Lipinski definition) is 3. The van der Waals surface area contributed by atoms with Gasteiger partial charge in [0, 0.05) is 28.5 Å². The van der Waals surface area contributed by atoms with Gasteiger partial charge in [0.2, 0.25) is 11.8 Å². The minimum atomic E-state index is -6.12. The van der Waals surface area contributed by atoms with E-state index in [4.69, 9.17) is 0 Å². The molecular formula is C22H25F3N2O6S. The zero-order valence-corrected chi connectivity index (χ0v) is 18.9. The molecule has 0 aromatic carbocycles. The van der Waals surface area contributed by atoms with Gasteiger partial charge in [-0.1, -0.05) is 16.9 Å². The number of hydrogen-bond acceptors (Lipinski definition) is 6. The summed E-state index contributed by atoms with van der Waals surface area (Å²) in [6.07, 6.45) is 5.05. The Morgan fingerprint density at radius 2 is 1.50 bits per heavy atom. The third-order valence-corrected chi connectivity index (χ3v) is 9.66. The number of nitrogens with zero attached hydrogens (tertiary/aromatic N) is 1. The lowest BCUT2D eigenvalue weighted by Gasteiger charge is -2.57. The van der Waals surface area contributed by atoms with Crippen molar-refractivity contribution in [2.75, 3.05) is 0 Å². The number of fused-ring (bicyclic) bond motifs is 5. The number of rotatable bonds is 6. The third-order valence-electron chi connectivity index (χ3n) is 8.44. The standard InChI is InChI=1S/C22H25F3N2O6S/c23-17(18(28)26-21-7-10-3-11(8-21)5-12(4-10)9-21)22(24,25)34(31,32)33-27-19(29)15-13-1-2-14(6-13)16(15)20(27)30/h1-2,10-14,17,29-30H,3-9H2,(H,26,28). The summed E-state index contributed by atoms with van der Waals surface area (Å²) in [7, 11) is -6.12. The number of allylic oxidation sites excluding steroid dienone is 2. The van der Waals surface area contributed by atoms with Gasteiger partial charge in [-0.2, -0.15) is 17.2 Å². The molecule has 0 saturated heterocycles. The third kappa shape index (κ3) is 2.96. The van der Waals surface area contributed by atoms with Gasteiger partial charge in [0.25, 0.3) is 12.1 Å². The van der Waals surface area contributed by atoms with Gasteiger partial charge < -0.3 is 15.5 Å². The van der Waals surface area contributed by atoms with Gasteiger partial charge >= 0.3 is 15.4 Å². The van der Waals surface area contributed by atoms with E-state index in [-0.39, 0.29) is 27.7 Å². The Morgan fingerprint density at radius 1 is 1.03 bits per heavy atom. The molecule has 1 amide bonds. The number of nitrogens with one attached hydrogen (secondary N) is 1. The van der Waals surface area contributed by atoms with E-state index in [0.717, 1.165) is 19.3 Å². The van der Waals surface area contributed by atoms with Crippen LogP contribution in [-0.2, 0) is 14.9 Å². The first-order valence-electron chi connectivity index (χ1n) is 11.5. The number of carbonyl (C=O) groups is 1. The van der Waals surface area contributed by atoms with Crippen molar-refractivity contribution in [3.05, 3.63) is 23.3 Å². The van der Waals surface area contributed by atoms with Crippen molar-refractivity contribution in [1.82, 2.24) is 10.0 Å². The van der Waals surface area contributed by atoms with Crippen molar-refractivity contribution in [3.8, 4) is 11.8 Å². The molecule has 1 heterocycles. The first-order chi connectivity index (χ1) is 15.9. The lowest BCUT2D eigenvalue weighted by molar-refractivity contribution is -0.140. The SMILES string of the molecule is O=C(NC12CC3CC(CC(C3)C1)C2)C(F)C(F)(F)S(=O)(=O)On1c(O)c2c(c1O)C1C=CC2C1. The van der Waals surface area contributed by atoms with Gasteiger partial charge in [0.15, 0.2) is 0 Å². The van der Waals surface area contributed by atoms with Gasteiger partial charge in [-0.25, -0.2) is 4.39 Å². The second kappa shape index (κ2) is 6.86. The molecule has 7 rings (SSSR count). The molecule has 3 N–H and O–H groups in total. The fraction of sp³-hybridized carbons (Fsp3) is 0.682. The molecule has 1 aromatic rings. The summed E-state index contributed by atoms with van der Waals surface area (Å²) in [5.74, 6) is -2.99. The number of halogens is 3. The van der Waals surface area contributed by atoms with Crippen LogP contribution in [0.4, 0.5) is 13.2 Å². The molecule has 6 aliphatic carbocycles. The average molecular weight is 503 g/mol. The zero-order valence-electron chi connectivity index (χ0n) is 18.1. The lowest BCUT2D eigenvalue weighted by atomic mass is 9.53. The largest absolute Gasteiger partial charge is 0.492 e. The van der Waals surface area contributed by atoms with E-state index in [9.17, 15) is 36.6 Å². The van der Waals surface area contributed by atoms with Crippen LogP contribution < -0.4 is 9.60 Å². The van der Waals surface area contributed by atoms with Crippen LogP contribution in [0.1, 0.15) is 67.9 Å². The monoisotopic (exact) mass is 502 g/mol. The molecule has 0 aliphatic heterocycles.